The van der Waals surface area contributed by atoms with Crippen molar-refractivity contribution in [2.45, 2.75) is 45.7 Å². The highest BCUT2D eigenvalue weighted by Gasteiger charge is 2.28. The molecule has 0 radical (unpaired) electrons. The first-order valence-electron chi connectivity index (χ1n) is 10.6. The van der Waals surface area contributed by atoms with E-state index in [9.17, 15) is 9.59 Å². The molecule has 168 valence electrons. The minimum Gasteiger partial charge on any atom is -0.497 e. The van der Waals surface area contributed by atoms with Crippen molar-refractivity contribution >= 4 is 23.4 Å². The molecule has 0 heterocycles. The molecule has 0 saturated heterocycles. The third kappa shape index (κ3) is 7.79. The topological polar surface area (TPSA) is 67.9 Å². The van der Waals surface area contributed by atoms with E-state index >= 15 is 0 Å². The summed E-state index contributed by atoms with van der Waals surface area (Å²) < 4.78 is 10.9. The average molecular weight is 447 g/mol. The SMILES string of the molecule is CCCCNC(=O)C(CC)N(Cc1cccc(OC)c1)C(=O)COc1cccc(Cl)c1. The summed E-state index contributed by atoms with van der Waals surface area (Å²) in [5.74, 6) is 0.762. The molecule has 0 aliphatic rings. The first-order chi connectivity index (χ1) is 15.0. The highest BCUT2D eigenvalue weighted by molar-refractivity contribution is 6.30. The number of methoxy groups -OCH3 is 1. The van der Waals surface area contributed by atoms with Crippen molar-refractivity contribution in [3.8, 4) is 11.5 Å². The lowest BCUT2D eigenvalue weighted by atomic mass is 10.1. The lowest BCUT2D eigenvalue weighted by molar-refractivity contribution is -0.143. The molecule has 1 unspecified atom stereocenters. The Morgan fingerprint density at radius 2 is 1.84 bits per heavy atom. The van der Waals surface area contributed by atoms with Crippen molar-refractivity contribution in [2.75, 3.05) is 20.3 Å². The van der Waals surface area contributed by atoms with Gasteiger partial charge in [0, 0.05) is 18.1 Å². The first kappa shape index (κ1) is 24.5. The van der Waals surface area contributed by atoms with Crippen LogP contribution in [0.1, 0.15) is 38.7 Å². The molecule has 7 heteroatoms. The Balaban J connectivity index is 2.19. The third-order valence-electron chi connectivity index (χ3n) is 4.86. The summed E-state index contributed by atoms with van der Waals surface area (Å²) >= 11 is 5.99. The van der Waals surface area contributed by atoms with Crippen LogP contribution in [0.4, 0.5) is 0 Å². The predicted molar refractivity (Wildman–Crippen MR) is 122 cm³/mol. The molecule has 2 amide bonds. The van der Waals surface area contributed by atoms with Gasteiger partial charge < -0.3 is 19.7 Å². The van der Waals surface area contributed by atoms with Gasteiger partial charge in [-0.2, -0.15) is 0 Å². The number of amides is 2. The Morgan fingerprint density at radius 1 is 1.10 bits per heavy atom. The summed E-state index contributed by atoms with van der Waals surface area (Å²) in [6.45, 7) is 4.63. The molecule has 1 N–H and O–H groups in total. The van der Waals surface area contributed by atoms with Crippen molar-refractivity contribution in [1.29, 1.82) is 0 Å². The fourth-order valence-electron chi connectivity index (χ4n) is 3.18. The second-order valence-electron chi connectivity index (χ2n) is 7.19. The van der Waals surface area contributed by atoms with E-state index in [0.29, 0.717) is 29.5 Å². The number of rotatable bonds is 12. The number of ether oxygens (including phenoxy) is 2. The zero-order valence-electron chi connectivity index (χ0n) is 18.4. The number of benzene rings is 2. The lowest BCUT2D eigenvalue weighted by Crippen LogP contribution is -2.50. The highest BCUT2D eigenvalue weighted by atomic mass is 35.5. The maximum absolute atomic E-state index is 13.2. The molecule has 2 aromatic carbocycles. The second kappa shape index (κ2) is 12.8. The molecule has 0 saturated carbocycles. The van der Waals surface area contributed by atoms with Crippen molar-refractivity contribution in [3.05, 3.63) is 59.1 Å². The second-order valence-corrected chi connectivity index (χ2v) is 7.62. The van der Waals surface area contributed by atoms with Crippen LogP contribution in [-0.2, 0) is 16.1 Å². The predicted octanol–water partition coefficient (Wildman–Crippen LogP) is 4.45. The van der Waals surface area contributed by atoms with E-state index in [2.05, 4.69) is 12.2 Å². The van der Waals surface area contributed by atoms with Gasteiger partial charge in [0.2, 0.25) is 5.91 Å². The van der Waals surface area contributed by atoms with Gasteiger partial charge in [0.05, 0.1) is 7.11 Å². The summed E-state index contributed by atoms with van der Waals surface area (Å²) in [6, 6.07) is 13.7. The zero-order valence-corrected chi connectivity index (χ0v) is 19.2. The number of nitrogens with one attached hydrogen (secondary N) is 1. The van der Waals surface area contributed by atoms with Crippen LogP contribution in [-0.4, -0.2) is 43.0 Å². The number of halogens is 1. The van der Waals surface area contributed by atoms with Crippen LogP contribution in [0, 0.1) is 0 Å². The van der Waals surface area contributed by atoms with Crippen molar-refractivity contribution in [2.24, 2.45) is 0 Å². The first-order valence-corrected chi connectivity index (χ1v) is 10.9. The van der Waals surface area contributed by atoms with Crippen molar-refractivity contribution in [3.63, 3.8) is 0 Å². The van der Waals surface area contributed by atoms with Crippen LogP contribution in [0.25, 0.3) is 0 Å². The molecule has 0 aliphatic carbocycles. The van der Waals surface area contributed by atoms with Gasteiger partial charge in [0.25, 0.3) is 5.91 Å². The summed E-state index contributed by atoms with van der Waals surface area (Å²) in [4.78, 5) is 27.6. The number of carbonyl (C=O) groups excluding carboxylic acids is 2. The minimum atomic E-state index is -0.599. The molecule has 0 spiro atoms. The van der Waals surface area contributed by atoms with Gasteiger partial charge in [-0.15, -0.1) is 0 Å². The Kier molecular flexibility index (Phi) is 10.2. The van der Waals surface area contributed by atoms with Crippen LogP contribution >= 0.6 is 11.6 Å². The smallest absolute Gasteiger partial charge is 0.261 e. The molecular weight excluding hydrogens is 416 g/mol. The van der Waals surface area contributed by atoms with E-state index in [4.69, 9.17) is 21.1 Å². The van der Waals surface area contributed by atoms with Crippen LogP contribution in [0.3, 0.4) is 0 Å². The van der Waals surface area contributed by atoms with E-state index < -0.39 is 6.04 Å². The average Bonchev–Trinajstić information content (AvgIpc) is 2.77. The maximum atomic E-state index is 13.2. The molecule has 1 atom stereocenters. The van der Waals surface area contributed by atoms with Gasteiger partial charge >= 0.3 is 0 Å². The molecule has 0 aromatic heterocycles. The molecule has 2 aromatic rings. The van der Waals surface area contributed by atoms with Crippen LogP contribution < -0.4 is 14.8 Å². The molecule has 0 bridgehead atoms. The van der Waals surface area contributed by atoms with Gasteiger partial charge in [-0.25, -0.2) is 0 Å². The number of hydrogen-bond donors (Lipinski definition) is 1. The van der Waals surface area contributed by atoms with E-state index in [1.54, 1.807) is 36.3 Å². The normalized spacial score (nSPS) is 11.5. The maximum Gasteiger partial charge on any atom is 0.261 e. The Hall–Kier alpha value is -2.73. The van der Waals surface area contributed by atoms with E-state index in [1.165, 1.54) is 0 Å². The van der Waals surface area contributed by atoms with Gasteiger partial charge in [0.1, 0.15) is 17.5 Å². The summed E-state index contributed by atoms with van der Waals surface area (Å²) in [5.41, 5.74) is 0.871. The zero-order chi connectivity index (χ0) is 22.6. The standard InChI is InChI=1S/C24H31ClN2O4/c1-4-6-13-26-24(29)22(5-2)27(16-18-9-7-11-20(14-18)30-3)23(28)17-31-21-12-8-10-19(25)15-21/h7-12,14-15,22H,4-6,13,16-17H2,1-3H3,(H,26,29). The molecule has 0 fully saturated rings. The van der Waals surface area contributed by atoms with Gasteiger partial charge in [-0.05, 0) is 48.7 Å². The molecule has 0 aliphatic heterocycles. The molecular formula is C24H31ClN2O4. The van der Waals surface area contributed by atoms with Crippen molar-refractivity contribution < 1.29 is 19.1 Å². The Bertz CT molecular complexity index is 859. The highest BCUT2D eigenvalue weighted by Crippen LogP contribution is 2.19. The lowest BCUT2D eigenvalue weighted by Gasteiger charge is -2.30. The molecule has 6 nitrogen and oxygen atoms in total. The minimum absolute atomic E-state index is 0.157. The Labute approximate surface area is 189 Å². The quantitative estimate of drug-likeness (QED) is 0.489. The number of unbranched alkanes of at least 4 members (excludes halogenated alkanes) is 1. The Morgan fingerprint density at radius 3 is 2.52 bits per heavy atom. The summed E-state index contributed by atoms with van der Waals surface area (Å²) in [5, 5.41) is 3.47. The third-order valence-corrected chi connectivity index (χ3v) is 5.10. The van der Waals surface area contributed by atoms with Crippen LogP contribution in [0.15, 0.2) is 48.5 Å². The van der Waals surface area contributed by atoms with E-state index in [0.717, 1.165) is 18.4 Å². The van der Waals surface area contributed by atoms with E-state index in [-0.39, 0.29) is 25.0 Å². The summed E-state index contributed by atoms with van der Waals surface area (Å²) in [6.07, 6.45) is 2.37. The largest absolute Gasteiger partial charge is 0.497 e. The van der Waals surface area contributed by atoms with Gasteiger partial charge in [-0.3, -0.25) is 9.59 Å². The monoisotopic (exact) mass is 446 g/mol. The fourth-order valence-corrected chi connectivity index (χ4v) is 3.36. The number of nitrogens with zero attached hydrogens (tertiary/aromatic N) is 1. The molecule has 31 heavy (non-hydrogen) atoms. The summed E-state index contributed by atoms with van der Waals surface area (Å²) in [7, 11) is 1.59. The van der Waals surface area contributed by atoms with Gasteiger partial charge in [0.15, 0.2) is 6.61 Å². The van der Waals surface area contributed by atoms with Crippen LogP contribution in [0.5, 0.6) is 11.5 Å². The molecule has 2 rings (SSSR count). The fraction of sp³-hybridized carbons (Fsp3) is 0.417. The van der Waals surface area contributed by atoms with Crippen LogP contribution in [0.2, 0.25) is 5.02 Å². The van der Waals surface area contributed by atoms with Gasteiger partial charge in [-0.1, -0.05) is 50.1 Å². The number of hydrogen-bond acceptors (Lipinski definition) is 4. The van der Waals surface area contributed by atoms with E-state index in [1.807, 2.05) is 31.2 Å². The number of carbonyl (C=O) groups is 2. The van der Waals surface area contributed by atoms with Crippen molar-refractivity contribution in [1.82, 2.24) is 10.2 Å².